The first-order valence-corrected chi connectivity index (χ1v) is 8.90. The zero-order chi connectivity index (χ0) is 14.8. The summed E-state index contributed by atoms with van der Waals surface area (Å²) < 4.78 is 0.894. The second-order valence-corrected chi connectivity index (χ2v) is 8.05. The molecule has 1 N–H and O–H groups in total. The highest BCUT2D eigenvalue weighted by Gasteiger charge is 2.42. The Bertz CT molecular complexity index is 441. The first-order valence-electron chi connectivity index (χ1n) is 7.71. The molecular formula is C16H27ClN2S. The second-order valence-electron chi connectivity index (χ2n) is 6.25. The Morgan fingerprint density at radius 1 is 1.25 bits per heavy atom. The van der Waals surface area contributed by atoms with Crippen molar-refractivity contribution in [3.05, 3.63) is 21.3 Å². The van der Waals surface area contributed by atoms with E-state index in [0.29, 0.717) is 0 Å². The van der Waals surface area contributed by atoms with Crippen molar-refractivity contribution in [2.45, 2.75) is 64.6 Å². The Kier molecular flexibility index (Phi) is 5.17. The number of halogens is 1. The zero-order valence-corrected chi connectivity index (χ0v) is 14.7. The maximum absolute atomic E-state index is 6.08. The average Bonchev–Trinajstić information content (AvgIpc) is 2.87. The summed E-state index contributed by atoms with van der Waals surface area (Å²) >= 11 is 7.79. The minimum Gasteiger partial charge on any atom is -0.308 e. The van der Waals surface area contributed by atoms with Crippen LogP contribution in [-0.4, -0.2) is 29.1 Å². The van der Waals surface area contributed by atoms with E-state index >= 15 is 0 Å². The van der Waals surface area contributed by atoms with Crippen LogP contribution in [0.15, 0.2) is 12.1 Å². The molecule has 20 heavy (non-hydrogen) atoms. The smallest absolute Gasteiger partial charge is 0.0931 e. The van der Waals surface area contributed by atoms with Gasteiger partial charge in [-0.15, -0.1) is 11.3 Å². The lowest BCUT2D eigenvalue weighted by atomic mass is 9.83. The van der Waals surface area contributed by atoms with Crippen molar-refractivity contribution in [2.75, 3.05) is 13.1 Å². The molecule has 1 fully saturated rings. The Morgan fingerprint density at radius 3 is 2.45 bits per heavy atom. The van der Waals surface area contributed by atoms with Gasteiger partial charge in [-0.1, -0.05) is 32.4 Å². The molecule has 2 rings (SSSR count). The van der Waals surface area contributed by atoms with Crippen molar-refractivity contribution in [1.82, 2.24) is 10.2 Å². The Hall–Kier alpha value is -0.0900. The van der Waals surface area contributed by atoms with E-state index in [-0.39, 0.29) is 11.1 Å². The van der Waals surface area contributed by atoms with E-state index in [1.165, 1.54) is 24.1 Å². The number of rotatable bonds is 5. The number of nitrogens with zero attached hydrogens (tertiary/aromatic N) is 1. The van der Waals surface area contributed by atoms with E-state index in [0.717, 1.165) is 24.0 Å². The minimum absolute atomic E-state index is 0.240. The Morgan fingerprint density at radius 2 is 1.95 bits per heavy atom. The second kappa shape index (κ2) is 6.35. The van der Waals surface area contributed by atoms with Gasteiger partial charge in [0.15, 0.2) is 0 Å². The summed E-state index contributed by atoms with van der Waals surface area (Å²) in [7, 11) is 0. The molecule has 2 nitrogen and oxygen atoms in total. The van der Waals surface area contributed by atoms with Crippen LogP contribution >= 0.6 is 22.9 Å². The normalized spacial score (nSPS) is 26.9. The Labute approximate surface area is 132 Å². The van der Waals surface area contributed by atoms with Gasteiger partial charge >= 0.3 is 0 Å². The number of hydrogen-bond acceptors (Lipinski definition) is 3. The molecule has 0 amide bonds. The monoisotopic (exact) mass is 314 g/mol. The molecular weight excluding hydrogens is 288 g/mol. The van der Waals surface area contributed by atoms with Crippen LogP contribution in [0.3, 0.4) is 0 Å². The number of nitrogens with one attached hydrogen (secondary N) is 1. The van der Waals surface area contributed by atoms with Gasteiger partial charge in [0, 0.05) is 35.6 Å². The molecule has 1 aliphatic heterocycles. The predicted molar refractivity (Wildman–Crippen MR) is 89.8 cm³/mol. The predicted octanol–water partition coefficient (Wildman–Crippen LogP) is 4.53. The third kappa shape index (κ3) is 3.22. The highest BCUT2D eigenvalue weighted by Crippen LogP contribution is 2.33. The van der Waals surface area contributed by atoms with E-state index in [4.69, 9.17) is 11.6 Å². The highest BCUT2D eigenvalue weighted by atomic mass is 35.5. The SMILES string of the molecule is CCC1(CC)CN(Cc2ccc(Cl)s2)C(C)(CC)CN1. The van der Waals surface area contributed by atoms with Crippen LogP contribution in [0.5, 0.6) is 0 Å². The van der Waals surface area contributed by atoms with Crippen LogP contribution in [-0.2, 0) is 6.54 Å². The van der Waals surface area contributed by atoms with Crippen LogP contribution in [0, 0.1) is 0 Å². The summed E-state index contributed by atoms with van der Waals surface area (Å²) in [6.45, 7) is 12.5. The molecule has 0 aromatic carbocycles. The molecule has 4 heteroatoms. The maximum Gasteiger partial charge on any atom is 0.0931 e. The molecule has 1 unspecified atom stereocenters. The largest absolute Gasteiger partial charge is 0.308 e. The van der Waals surface area contributed by atoms with E-state index in [1.807, 2.05) is 6.07 Å². The molecule has 1 aliphatic rings. The lowest BCUT2D eigenvalue weighted by Crippen LogP contribution is -2.68. The first kappa shape index (κ1) is 16.3. The standard InChI is InChI=1S/C16H27ClN2S/c1-5-15(4)11-18-16(6-2,7-3)12-19(15)10-13-8-9-14(17)20-13/h8-9,18H,5-7,10-12H2,1-4H3. The molecule has 2 heterocycles. The van der Waals surface area contributed by atoms with Gasteiger partial charge in [-0.3, -0.25) is 4.90 Å². The van der Waals surface area contributed by atoms with E-state index in [2.05, 4.69) is 44.0 Å². The summed E-state index contributed by atoms with van der Waals surface area (Å²) in [4.78, 5) is 4.04. The third-order valence-corrected chi connectivity index (χ3v) is 6.41. The number of hydrogen-bond donors (Lipinski definition) is 1. The fourth-order valence-corrected chi connectivity index (χ4v) is 4.15. The number of thiophene rings is 1. The van der Waals surface area contributed by atoms with Gasteiger partial charge < -0.3 is 5.32 Å². The van der Waals surface area contributed by atoms with E-state index in [9.17, 15) is 0 Å². The van der Waals surface area contributed by atoms with Gasteiger partial charge in [0.2, 0.25) is 0 Å². The van der Waals surface area contributed by atoms with Crippen LogP contribution in [0.1, 0.15) is 51.8 Å². The summed E-state index contributed by atoms with van der Waals surface area (Å²) in [6, 6.07) is 4.19. The molecule has 0 bridgehead atoms. The van der Waals surface area contributed by atoms with Gasteiger partial charge in [-0.25, -0.2) is 0 Å². The summed E-state index contributed by atoms with van der Waals surface area (Å²) in [5.41, 5.74) is 0.514. The summed E-state index contributed by atoms with van der Waals surface area (Å²) in [5, 5.41) is 3.83. The van der Waals surface area contributed by atoms with Crippen molar-refractivity contribution < 1.29 is 0 Å². The lowest BCUT2D eigenvalue weighted by molar-refractivity contribution is 0.00347. The molecule has 1 aromatic heterocycles. The van der Waals surface area contributed by atoms with Crippen molar-refractivity contribution in [3.63, 3.8) is 0 Å². The molecule has 0 aliphatic carbocycles. The first-order chi connectivity index (χ1) is 9.47. The van der Waals surface area contributed by atoms with Gasteiger partial charge in [0.25, 0.3) is 0 Å². The van der Waals surface area contributed by atoms with Crippen molar-refractivity contribution in [2.24, 2.45) is 0 Å². The maximum atomic E-state index is 6.08. The van der Waals surface area contributed by atoms with E-state index in [1.54, 1.807) is 11.3 Å². The summed E-state index contributed by atoms with van der Waals surface area (Å²) in [5.74, 6) is 0. The molecule has 1 atom stereocenters. The van der Waals surface area contributed by atoms with E-state index < -0.39 is 0 Å². The molecule has 0 spiro atoms. The van der Waals surface area contributed by atoms with Crippen molar-refractivity contribution >= 4 is 22.9 Å². The minimum atomic E-state index is 0.240. The third-order valence-electron chi connectivity index (χ3n) is 5.19. The average molecular weight is 315 g/mol. The van der Waals surface area contributed by atoms with Crippen molar-refractivity contribution in [3.8, 4) is 0 Å². The molecule has 114 valence electrons. The molecule has 0 radical (unpaired) electrons. The van der Waals surface area contributed by atoms with Crippen LogP contribution in [0.4, 0.5) is 0 Å². The molecule has 1 aromatic rings. The van der Waals surface area contributed by atoms with Crippen LogP contribution < -0.4 is 5.32 Å². The molecule has 1 saturated heterocycles. The highest BCUT2D eigenvalue weighted by molar-refractivity contribution is 7.16. The summed E-state index contributed by atoms with van der Waals surface area (Å²) in [6.07, 6.45) is 3.54. The number of piperazine rings is 1. The quantitative estimate of drug-likeness (QED) is 0.858. The fourth-order valence-electron chi connectivity index (χ4n) is 3.05. The topological polar surface area (TPSA) is 15.3 Å². The lowest BCUT2D eigenvalue weighted by Gasteiger charge is -2.53. The fraction of sp³-hybridized carbons (Fsp3) is 0.750. The zero-order valence-electron chi connectivity index (χ0n) is 13.1. The van der Waals surface area contributed by atoms with Gasteiger partial charge in [0.1, 0.15) is 0 Å². The Balaban J connectivity index is 2.19. The van der Waals surface area contributed by atoms with Crippen LogP contribution in [0.25, 0.3) is 0 Å². The van der Waals surface area contributed by atoms with Crippen LogP contribution in [0.2, 0.25) is 4.34 Å². The van der Waals surface area contributed by atoms with Gasteiger partial charge in [0.05, 0.1) is 4.34 Å². The molecule has 0 saturated carbocycles. The van der Waals surface area contributed by atoms with Gasteiger partial charge in [-0.2, -0.15) is 0 Å². The van der Waals surface area contributed by atoms with Gasteiger partial charge in [-0.05, 0) is 38.3 Å². The van der Waals surface area contributed by atoms with Crippen molar-refractivity contribution in [1.29, 1.82) is 0 Å².